The van der Waals surface area contributed by atoms with Crippen molar-refractivity contribution in [3.63, 3.8) is 0 Å². The van der Waals surface area contributed by atoms with E-state index in [1.165, 1.54) is 0 Å². The molecule has 2 heterocycles. The fourth-order valence-corrected chi connectivity index (χ4v) is 9.12. The monoisotopic (exact) mass is 685 g/mol. The van der Waals surface area contributed by atoms with Crippen LogP contribution in [0.5, 0.6) is 5.75 Å². The second kappa shape index (κ2) is 13.8. The Kier molecular flexibility index (Phi) is 11.6. The number of carbonyl (C=O) groups is 2. The number of piperidine rings is 2. The van der Waals surface area contributed by atoms with Crippen LogP contribution in [0.25, 0.3) is 0 Å². The summed E-state index contributed by atoms with van der Waals surface area (Å²) < 4.78 is 12.7. The Balaban J connectivity index is 2.52. The maximum atomic E-state index is 14.4. The Labute approximate surface area is 299 Å². The van der Waals surface area contributed by atoms with Gasteiger partial charge in [-0.1, -0.05) is 54.9 Å². The maximum absolute atomic E-state index is 14.4. The molecule has 0 aliphatic carbocycles. The van der Waals surface area contributed by atoms with Gasteiger partial charge >= 0.3 is 11.9 Å². The van der Waals surface area contributed by atoms with Crippen molar-refractivity contribution in [3.8, 4) is 5.75 Å². The normalized spacial score (nSPS) is 25.3. The number of hydrogen-bond acceptors (Lipinski definition) is 7. The van der Waals surface area contributed by atoms with Gasteiger partial charge in [-0.2, -0.15) is 0 Å². The summed E-state index contributed by atoms with van der Waals surface area (Å²) in [6.07, 6.45) is 4.70. The topological polar surface area (TPSA) is 79.3 Å². The smallest absolute Gasteiger partial charge is 0.318 e. The molecule has 1 aromatic carbocycles. The second-order valence-corrected chi connectivity index (χ2v) is 19.7. The van der Waals surface area contributed by atoms with Crippen molar-refractivity contribution < 1.29 is 24.2 Å². The Morgan fingerprint density at radius 3 is 1.55 bits per heavy atom. The molecule has 0 radical (unpaired) electrons. The standard InChI is InChI=1S/C42H72N2O5/c1-18-19-24-48-33(45)27-34(46)49-42(31-20-22-38(8,9)43(16)40(31,12)13,32-21-23-39(10,11)44(17)41(32,14)15)28-25-29(36(2,3)4)35(47)30(26-28)37(5,6)7/h25-26,31-32,47H,18-24,27H2,1-17H3. The summed E-state index contributed by atoms with van der Waals surface area (Å²) in [5.74, 6) is -1.09. The molecule has 2 atom stereocenters. The van der Waals surface area contributed by atoms with Crippen molar-refractivity contribution in [1.82, 2.24) is 9.80 Å². The number of ether oxygens (including phenoxy) is 2. The van der Waals surface area contributed by atoms with E-state index >= 15 is 0 Å². The molecule has 2 aliphatic heterocycles. The zero-order chi connectivity index (χ0) is 37.8. The van der Waals surface area contributed by atoms with E-state index in [1.54, 1.807) is 0 Å². The number of likely N-dealkylation sites (tertiary alicyclic amines) is 2. The zero-order valence-corrected chi connectivity index (χ0v) is 34.4. The summed E-state index contributed by atoms with van der Waals surface area (Å²) in [5.41, 5.74) is -0.301. The first-order valence-corrected chi connectivity index (χ1v) is 18.8. The van der Waals surface area contributed by atoms with E-state index in [4.69, 9.17) is 9.47 Å². The van der Waals surface area contributed by atoms with Crippen molar-refractivity contribution in [1.29, 1.82) is 0 Å². The summed E-state index contributed by atoms with van der Waals surface area (Å²) in [5, 5.41) is 11.9. The van der Waals surface area contributed by atoms with E-state index in [2.05, 4.69) is 133 Å². The molecule has 0 amide bonds. The summed E-state index contributed by atoms with van der Waals surface area (Å²) in [6.45, 7) is 33.4. The molecule has 2 fully saturated rings. The molecule has 7 nitrogen and oxygen atoms in total. The lowest BCUT2D eigenvalue weighted by atomic mass is 9.53. The molecule has 49 heavy (non-hydrogen) atoms. The molecule has 280 valence electrons. The highest BCUT2D eigenvalue weighted by Gasteiger charge is 2.64. The molecule has 2 aliphatic rings. The summed E-state index contributed by atoms with van der Waals surface area (Å²) in [7, 11) is 4.39. The van der Waals surface area contributed by atoms with Crippen molar-refractivity contribution in [3.05, 3.63) is 28.8 Å². The molecule has 0 spiro atoms. The van der Waals surface area contributed by atoms with Crippen LogP contribution in [0.3, 0.4) is 0 Å². The predicted octanol–water partition coefficient (Wildman–Crippen LogP) is 9.26. The summed E-state index contributed by atoms with van der Waals surface area (Å²) in [4.78, 5) is 32.4. The van der Waals surface area contributed by atoms with Crippen LogP contribution in [0.1, 0.15) is 165 Å². The van der Waals surface area contributed by atoms with Gasteiger partial charge in [-0.15, -0.1) is 0 Å². The number of phenolic OH excluding ortho intramolecular Hbond substituents is 1. The van der Waals surface area contributed by atoms with Gasteiger partial charge in [-0.3, -0.25) is 19.4 Å². The number of esters is 2. The Morgan fingerprint density at radius 1 is 0.776 bits per heavy atom. The fourth-order valence-electron chi connectivity index (χ4n) is 9.12. The van der Waals surface area contributed by atoms with Crippen LogP contribution in [0, 0.1) is 11.8 Å². The van der Waals surface area contributed by atoms with Gasteiger partial charge in [0.05, 0.1) is 6.61 Å². The quantitative estimate of drug-likeness (QED) is 0.158. The molecule has 2 saturated heterocycles. The van der Waals surface area contributed by atoms with E-state index in [0.717, 1.165) is 55.2 Å². The molecule has 0 saturated carbocycles. The van der Waals surface area contributed by atoms with Crippen molar-refractivity contribution in [2.24, 2.45) is 11.8 Å². The molecule has 3 rings (SSSR count). The highest BCUT2D eigenvalue weighted by Crippen LogP contribution is 2.60. The summed E-state index contributed by atoms with van der Waals surface area (Å²) in [6, 6.07) is 4.26. The molecule has 7 heteroatoms. The van der Waals surface area contributed by atoms with E-state index in [9.17, 15) is 14.7 Å². The van der Waals surface area contributed by atoms with E-state index in [0.29, 0.717) is 12.4 Å². The van der Waals surface area contributed by atoms with Crippen LogP contribution in [-0.4, -0.2) is 69.7 Å². The number of unbranched alkanes of at least 4 members (excludes halogenated alkanes) is 1. The SMILES string of the molecule is CCCCOC(=O)CC(=O)OC(c1cc(C(C)(C)C)c(O)c(C(C)(C)C)c1)(C1CCC(C)(C)N(C)C1(C)C)C1CCC(C)(C)N(C)C1(C)C. The van der Waals surface area contributed by atoms with E-state index < -0.39 is 35.0 Å². The van der Waals surface area contributed by atoms with Gasteiger partial charge in [0.15, 0.2) is 0 Å². The van der Waals surface area contributed by atoms with Crippen LogP contribution in [-0.2, 0) is 35.5 Å². The maximum Gasteiger partial charge on any atom is 0.318 e. The minimum atomic E-state index is -1.14. The van der Waals surface area contributed by atoms with Crippen LogP contribution in [0.2, 0.25) is 0 Å². The molecule has 2 unspecified atom stereocenters. The fraction of sp³-hybridized carbons (Fsp3) is 0.810. The molecular formula is C42H72N2O5. The van der Waals surface area contributed by atoms with Gasteiger partial charge in [-0.25, -0.2) is 0 Å². The second-order valence-electron chi connectivity index (χ2n) is 19.7. The largest absolute Gasteiger partial charge is 0.507 e. The number of benzene rings is 1. The van der Waals surface area contributed by atoms with Gasteiger partial charge in [0, 0.05) is 34.0 Å². The lowest BCUT2D eigenvalue weighted by Gasteiger charge is -2.65. The Bertz CT molecular complexity index is 1280. The van der Waals surface area contributed by atoms with Crippen LogP contribution in [0.4, 0.5) is 0 Å². The average molecular weight is 685 g/mol. The third-order valence-corrected chi connectivity index (χ3v) is 12.9. The molecule has 0 bridgehead atoms. The predicted molar refractivity (Wildman–Crippen MR) is 201 cm³/mol. The lowest BCUT2D eigenvalue weighted by molar-refractivity contribution is -0.229. The number of nitrogens with zero attached hydrogens (tertiary/aromatic N) is 2. The first-order valence-electron chi connectivity index (χ1n) is 18.8. The number of carbonyl (C=O) groups excluding carboxylic acids is 2. The van der Waals surface area contributed by atoms with Crippen molar-refractivity contribution >= 4 is 11.9 Å². The molecule has 1 N–H and O–H groups in total. The minimum Gasteiger partial charge on any atom is -0.507 e. The third kappa shape index (κ3) is 7.88. The van der Waals surface area contributed by atoms with Gasteiger partial charge in [0.1, 0.15) is 17.8 Å². The van der Waals surface area contributed by atoms with E-state index in [-0.39, 0.29) is 33.7 Å². The van der Waals surface area contributed by atoms with Crippen molar-refractivity contribution in [2.45, 2.75) is 187 Å². The Morgan fingerprint density at radius 2 is 1.18 bits per heavy atom. The molecule has 1 aromatic rings. The molecular weight excluding hydrogens is 612 g/mol. The van der Waals surface area contributed by atoms with Gasteiger partial charge in [0.2, 0.25) is 0 Å². The molecule has 0 aromatic heterocycles. The van der Waals surface area contributed by atoms with Gasteiger partial charge in [0.25, 0.3) is 0 Å². The lowest BCUT2D eigenvalue weighted by Crippen LogP contribution is -2.71. The van der Waals surface area contributed by atoms with Crippen LogP contribution < -0.4 is 0 Å². The third-order valence-electron chi connectivity index (χ3n) is 12.9. The van der Waals surface area contributed by atoms with Crippen LogP contribution in [0.15, 0.2) is 12.1 Å². The number of hydrogen-bond donors (Lipinski definition) is 1. The number of phenols is 1. The zero-order valence-electron chi connectivity index (χ0n) is 34.4. The first-order chi connectivity index (χ1) is 22.1. The van der Waals surface area contributed by atoms with Crippen molar-refractivity contribution in [2.75, 3.05) is 20.7 Å². The van der Waals surface area contributed by atoms with Crippen LogP contribution >= 0.6 is 0 Å². The number of aromatic hydroxyl groups is 1. The van der Waals surface area contributed by atoms with Gasteiger partial charge in [-0.05, 0) is 141 Å². The van der Waals surface area contributed by atoms with E-state index in [1.807, 2.05) is 6.92 Å². The summed E-state index contributed by atoms with van der Waals surface area (Å²) >= 11 is 0. The highest BCUT2D eigenvalue weighted by molar-refractivity contribution is 5.91. The van der Waals surface area contributed by atoms with Gasteiger partial charge < -0.3 is 14.6 Å². The average Bonchev–Trinajstić information content (AvgIpc) is 2.93. The number of rotatable bonds is 9. The Hall–Kier alpha value is -2.12. The highest BCUT2D eigenvalue weighted by atomic mass is 16.6. The minimum absolute atomic E-state index is 0.0677. The first kappa shape index (κ1) is 41.3.